The fraction of sp³-hybridized carbons (Fsp3) is 0.500. The molecule has 1 N–H and O–H groups in total. The van der Waals surface area contributed by atoms with E-state index in [2.05, 4.69) is 14.5 Å². The highest BCUT2D eigenvalue weighted by Gasteiger charge is 2.20. The molecule has 1 amide bonds. The minimum atomic E-state index is -0.935. The number of esters is 1. The highest BCUT2D eigenvalue weighted by Crippen LogP contribution is 2.16. The van der Waals surface area contributed by atoms with Crippen LogP contribution < -0.4 is 5.32 Å². The molecule has 1 aliphatic heterocycles. The molecular weight excluding hydrogens is 284 g/mol. The molecule has 0 aliphatic carbocycles. The number of nitrogens with zero attached hydrogens (tertiary/aromatic N) is 1. The smallest absolute Gasteiger partial charge is 0.433 e. The number of hydrogen-bond donors (Lipinski definition) is 1. The van der Waals surface area contributed by atoms with Crippen molar-refractivity contribution in [3.8, 4) is 0 Å². The Morgan fingerprint density at radius 3 is 2.90 bits per heavy atom. The van der Waals surface area contributed by atoms with E-state index < -0.39 is 29.3 Å². The second-order valence-corrected chi connectivity index (χ2v) is 4.41. The lowest BCUT2D eigenvalue weighted by Crippen LogP contribution is -2.34. The van der Waals surface area contributed by atoms with Crippen LogP contribution in [0.15, 0.2) is 16.5 Å². The quantitative estimate of drug-likeness (QED) is 0.464. The van der Waals surface area contributed by atoms with E-state index in [9.17, 15) is 19.7 Å². The molecule has 1 aromatic heterocycles. The monoisotopic (exact) mass is 298 g/mol. The van der Waals surface area contributed by atoms with E-state index in [4.69, 9.17) is 4.74 Å². The summed E-state index contributed by atoms with van der Waals surface area (Å²) in [6.07, 6.45) is 1.85. The van der Waals surface area contributed by atoms with Gasteiger partial charge < -0.3 is 19.2 Å². The Hall–Kier alpha value is -2.42. The molecule has 1 saturated heterocycles. The second-order valence-electron chi connectivity index (χ2n) is 4.41. The van der Waals surface area contributed by atoms with Crippen LogP contribution in [0.1, 0.15) is 23.4 Å². The van der Waals surface area contributed by atoms with Crippen molar-refractivity contribution in [3.05, 3.63) is 28.0 Å². The van der Waals surface area contributed by atoms with Crippen molar-refractivity contribution in [3.63, 3.8) is 0 Å². The largest absolute Gasteiger partial charge is 0.450 e. The van der Waals surface area contributed by atoms with Gasteiger partial charge in [-0.2, -0.15) is 0 Å². The SMILES string of the molecule is O=C(COC(=O)c1ccc([N+](=O)[O-])o1)NC[C@H]1CCCO1. The number of amides is 1. The molecule has 1 atom stereocenters. The molecule has 1 fully saturated rings. The minimum absolute atomic E-state index is 0.00243. The summed E-state index contributed by atoms with van der Waals surface area (Å²) in [7, 11) is 0. The maximum atomic E-state index is 11.5. The molecule has 9 heteroatoms. The van der Waals surface area contributed by atoms with E-state index in [1.54, 1.807) is 0 Å². The zero-order valence-electron chi connectivity index (χ0n) is 11.1. The predicted molar refractivity (Wildman–Crippen MR) is 67.6 cm³/mol. The average molecular weight is 298 g/mol. The summed E-state index contributed by atoms with van der Waals surface area (Å²) in [5.41, 5.74) is 0. The van der Waals surface area contributed by atoms with Crippen molar-refractivity contribution in [2.75, 3.05) is 19.8 Å². The lowest BCUT2D eigenvalue weighted by molar-refractivity contribution is -0.402. The first-order valence-electron chi connectivity index (χ1n) is 6.36. The molecule has 2 heterocycles. The van der Waals surface area contributed by atoms with Gasteiger partial charge in [0.05, 0.1) is 12.2 Å². The third-order valence-electron chi connectivity index (χ3n) is 2.86. The van der Waals surface area contributed by atoms with Crippen molar-refractivity contribution >= 4 is 17.8 Å². The Labute approximate surface area is 119 Å². The van der Waals surface area contributed by atoms with Crippen LogP contribution in [0.4, 0.5) is 5.88 Å². The van der Waals surface area contributed by atoms with Gasteiger partial charge in [0.15, 0.2) is 6.61 Å². The number of ether oxygens (including phenoxy) is 2. The Kier molecular flexibility index (Phi) is 4.88. The predicted octanol–water partition coefficient (Wildman–Crippen LogP) is 0.640. The van der Waals surface area contributed by atoms with Gasteiger partial charge in [-0.3, -0.25) is 14.9 Å². The Bertz CT molecular complexity index is 533. The molecule has 0 saturated carbocycles. The zero-order chi connectivity index (χ0) is 15.2. The summed E-state index contributed by atoms with van der Waals surface area (Å²) in [5, 5.41) is 13.0. The van der Waals surface area contributed by atoms with Gasteiger partial charge in [-0.05, 0) is 18.9 Å². The Morgan fingerprint density at radius 1 is 1.48 bits per heavy atom. The van der Waals surface area contributed by atoms with Gasteiger partial charge in [-0.1, -0.05) is 0 Å². The van der Waals surface area contributed by atoms with Crippen molar-refractivity contribution in [1.82, 2.24) is 5.32 Å². The van der Waals surface area contributed by atoms with Crippen LogP contribution in [-0.4, -0.2) is 42.7 Å². The first kappa shape index (κ1) is 15.0. The fourth-order valence-corrected chi connectivity index (χ4v) is 1.82. The minimum Gasteiger partial charge on any atom is -0.450 e. The molecule has 0 radical (unpaired) electrons. The molecule has 0 unspecified atom stereocenters. The van der Waals surface area contributed by atoms with Crippen LogP contribution in [0.5, 0.6) is 0 Å². The summed E-state index contributed by atoms with van der Waals surface area (Å²) in [6, 6.07) is 2.15. The molecule has 1 aliphatic rings. The molecule has 1 aromatic rings. The maximum absolute atomic E-state index is 11.5. The van der Waals surface area contributed by atoms with Crippen molar-refractivity contribution in [1.29, 1.82) is 0 Å². The third-order valence-corrected chi connectivity index (χ3v) is 2.86. The van der Waals surface area contributed by atoms with E-state index in [0.29, 0.717) is 13.2 Å². The van der Waals surface area contributed by atoms with E-state index in [-0.39, 0.29) is 11.9 Å². The lowest BCUT2D eigenvalue weighted by Gasteiger charge is -2.10. The summed E-state index contributed by atoms with van der Waals surface area (Å²) >= 11 is 0. The molecule has 0 aromatic carbocycles. The summed E-state index contributed by atoms with van der Waals surface area (Å²) in [6.45, 7) is 0.565. The summed E-state index contributed by atoms with van der Waals surface area (Å²) < 4.78 is 14.7. The third kappa shape index (κ3) is 4.28. The highest BCUT2D eigenvalue weighted by atomic mass is 16.7. The molecular formula is C12H14N2O7. The Morgan fingerprint density at radius 2 is 2.29 bits per heavy atom. The van der Waals surface area contributed by atoms with Gasteiger partial charge in [0.1, 0.15) is 4.92 Å². The number of nitro groups is 1. The van der Waals surface area contributed by atoms with Gasteiger partial charge in [0.2, 0.25) is 5.76 Å². The standard InChI is InChI=1S/C12H14N2O7/c15-10(13-6-8-2-1-5-19-8)7-20-12(16)9-3-4-11(21-9)14(17)18/h3-4,8H,1-2,5-7H2,(H,13,15)/t8-/m1/s1. The summed E-state index contributed by atoms with van der Waals surface area (Å²) in [4.78, 5) is 32.6. The number of rotatable bonds is 6. The second kappa shape index (κ2) is 6.84. The zero-order valence-corrected chi connectivity index (χ0v) is 11.1. The number of carbonyl (C=O) groups is 2. The topological polar surface area (TPSA) is 121 Å². The van der Waals surface area contributed by atoms with Crippen LogP contribution in [0.2, 0.25) is 0 Å². The average Bonchev–Trinajstić information content (AvgIpc) is 3.12. The fourth-order valence-electron chi connectivity index (χ4n) is 1.82. The lowest BCUT2D eigenvalue weighted by atomic mass is 10.2. The first-order chi connectivity index (χ1) is 10.1. The van der Waals surface area contributed by atoms with E-state index >= 15 is 0 Å². The van der Waals surface area contributed by atoms with Crippen LogP contribution >= 0.6 is 0 Å². The molecule has 2 rings (SSSR count). The molecule has 0 spiro atoms. The molecule has 21 heavy (non-hydrogen) atoms. The van der Waals surface area contributed by atoms with Crippen molar-refractivity contribution < 1.29 is 28.4 Å². The maximum Gasteiger partial charge on any atom is 0.433 e. The van der Waals surface area contributed by atoms with E-state index in [0.717, 1.165) is 25.0 Å². The number of hydrogen-bond acceptors (Lipinski definition) is 7. The highest BCUT2D eigenvalue weighted by molar-refractivity contribution is 5.89. The Balaban J connectivity index is 1.72. The van der Waals surface area contributed by atoms with Crippen molar-refractivity contribution in [2.24, 2.45) is 0 Å². The van der Waals surface area contributed by atoms with Crippen LogP contribution in [-0.2, 0) is 14.3 Å². The van der Waals surface area contributed by atoms with Gasteiger partial charge in [0, 0.05) is 13.2 Å². The number of nitrogens with one attached hydrogen (secondary N) is 1. The molecule has 9 nitrogen and oxygen atoms in total. The van der Waals surface area contributed by atoms with Gasteiger partial charge in [-0.25, -0.2) is 4.79 Å². The van der Waals surface area contributed by atoms with Crippen LogP contribution in [0.25, 0.3) is 0 Å². The normalized spacial score (nSPS) is 17.4. The van der Waals surface area contributed by atoms with Gasteiger partial charge in [-0.15, -0.1) is 0 Å². The van der Waals surface area contributed by atoms with Gasteiger partial charge >= 0.3 is 11.9 Å². The molecule has 114 valence electrons. The van der Waals surface area contributed by atoms with E-state index in [1.807, 2.05) is 0 Å². The van der Waals surface area contributed by atoms with Crippen LogP contribution in [0, 0.1) is 10.1 Å². The van der Waals surface area contributed by atoms with E-state index in [1.165, 1.54) is 0 Å². The molecule has 0 bridgehead atoms. The van der Waals surface area contributed by atoms with Gasteiger partial charge in [0.25, 0.3) is 5.91 Å². The van der Waals surface area contributed by atoms with Crippen molar-refractivity contribution in [2.45, 2.75) is 18.9 Å². The van der Waals surface area contributed by atoms with Crippen LogP contribution in [0.3, 0.4) is 0 Å². The first-order valence-corrected chi connectivity index (χ1v) is 6.36. The number of furan rings is 1. The summed E-state index contributed by atoms with van der Waals surface area (Å²) in [5.74, 6) is -2.30. The number of carbonyl (C=O) groups excluding carboxylic acids is 2.